The van der Waals surface area contributed by atoms with E-state index in [0.717, 1.165) is 45.2 Å². The first-order valence-electron chi connectivity index (χ1n) is 8.31. The maximum atomic E-state index is 12.6. The van der Waals surface area contributed by atoms with Gasteiger partial charge in [-0.2, -0.15) is 0 Å². The third-order valence-electron chi connectivity index (χ3n) is 4.90. The minimum absolute atomic E-state index is 0. The van der Waals surface area contributed by atoms with Crippen LogP contribution in [-0.2, 0) is 9.53 Å². The number of nitrogens with two attached hydrogens (primary N) is 1. The van der Waals surface area contributed by atoms with Crippen molar-refractivity contribution >= 4 is 18.3 Å². The van der Waals surface area contributed by atoms with Crippen LogP contribution in [0, 0.1) is 5.92 Å². The van der Waals surface area contributed by atoms with Gasteiger partial charge in [-0.05, 0) is 44.9 Å². The van der Waals surface area contributed by atoms with Gasteiger partial charge >= 0.3 is 0 Å². The standard InChI is InChI=1S/C16H30N2O2.ClH/c1-3-15(20-14-6-4-5-7-14)16(19)18-10-8-13(9-11-18)12(2)17;/h12-15H,3-11,17H2,1-2H3;1H. The average Bonchev–Trinajstić information content (AvgIpc) is 2.97. The highest BCUT2D eigenvalue weighted by Gasteiger charge is 2.31. The van der Waals surface area contributed by atoms with Crippen LogP contribution in [0.15, 0.2) is 0 Å². The number of likely N-dealkylation sites (tertiary alicyclic amines) is 1. The van der Waals surface area contributed by atoms with E-state index < -0.39 is 0 Å². The first-order valence-corrected chi connectivity index (χ1v) is 8.31. The second kappa shape index (κ2) is 8.96. The molecule has 4 nitrogen and oxygen atoms in total. The summed E-state index contributed by atoms with van der Waals surface area (Å²) in [7, 11) is 0. The molecule has 5 heteroatoms. The van der Waals surface area contributed by atoms with E-state index in [1.54, 1.807) is 0 Å². The molecule has 0 aromatic carbocycles. The van der Waals surface area contributed by atoms with Crippen LogP contribution in [0.1, 0.15) is 58.8 Å². The minimum Gasteiger partial charge on any atom is -0.365 e. The lowest BCUT2D eigenvalue weighted by molar-refractivity contribution is -0.149. The number of rotatable bonds is 5. The third-order valence-corrected chi connectivity index (χ3v) is 4.90. The maximum Gasteiger partial charge on any atom is 0.251 e. The number of hydrogen-bond acceptors (Lipinski definition) is 3. The van der Waals surface area contributed by atoms with Crippen molar-refractivity contribution in [2.24, 2.45) is 11.7 Å². The van der Waals surface area contributed by atoms with Crippen molar-refractivity contribution in [3.63, 3.8) is 0 Å². The van der Waals surface area contributed by atoms with Gasteiger partial charge in [0.05, 0.1) is 6.10 Å². The quantitative estimate of drug-likeness (QED) is 0.848. The van der Waals surface area contributed by atoms with Crippen LogP contribution in [-0.4, -0.2) is 42.1 Å². The Balaban J connectivity index is 0.00000220. The molecule has 1 saturated carbocycles. The molecular formula is C16H31ClN2O2. The van der Waals surface area contributed by atoms with Gasteiger partial charge in [0.2, 0.25) is 0 Å². The van der Waals surface area contributed by atoms with Gasteiger partial charge in [-0.1, -0.05) is 19.8 Å². The number of carbonyl (C=O) groups excluding carboxylic acids is 1. The Labute approximate surface area is 135 Å². The summed E-state index contributed by atoms with van der Waals surface area (Å²) in [6, 6.07) is 0.240. The Morgan fingerprint density at radius 1 is 1.24 bits per heavy atom. The number of amides is 1. The van der Waals surface area contributed by atoms with Gasteiger partial charge < -0.3 is 15.4 Å². The van der Waals surface area contributed by atoms with E-state index in [9.17, 15) is 4.79 Å². The molecule has 1 aliphatic heterocycles. The Hall–Kier alpha value is -0.320. The first kappa shape index (κ1) is 18.7. The lowest BCUT2D eigenvalue weighted by Gasteiger charge is -2.35. The zero-order chi connectivity index (χ0) is 14.5. The van der Waals surface area contributed by atoms with Crippen LogP contribution in [0.25, 0.3) is 0 Å². The van der Waals surface area contributed by atoms with E-state index in [0.29, 0.717) is 12.0 Å². The fourth-order valence-corrected chi connectivity index (χ4v) is 3.44. The Morgan fingerprint density at radius 2 is 1.81 bits per heavy atom. The summed E-state index contributed by atoms with van der Waals surface area (Å²) in [5, 5.41) is 0. The third kappa shape index (κ3) is 5.11. The molecule has 1 heterocycles. The molecule has 0 aromatic heterocycles. The molecule has 1 amide bonds. The molecule has 21 heavy (non-hydrogen) atoms. The highest BCUT2D eigenvalue weighted by Crippen LogP contribution is 2.25. The summed E-state index contributed by atoms with van der Waals surface area (Å²) < 4.78 is 6.03. The fourth-order valence-electron chi connectivity index (χ4n) is 3.44. The van der Waals surface area contributed by atoms with Crippen molar-refractivity contribution in [3.8, 4) is 0 Å². The van der Waals surface area contributed by atoms with Crippen LogP contribution in [0.4, 0.5) is 0 Å². The molecule has 1 saturated heterocycles. The SMILES string of the molecule is CCC(OC1CCCC1)C(=O)N1CCC(C(C)N)CC1.Cl. The van der Waals surface area contributed by atoms with Crippen molar-refractivity contribution < 1.29 is 9.53 Å². The summed E-state index contributed by atoms with van der Waals surface area (Å²) >= 11 is 0. The number of nitrogens with zero attached hydrogens (tertiary/aromatic N) is 1. The van der Waals surface area contributed by atoms with E-state index in [1.165, 1.54) is 12.8 Å². The largest absolute Gasteiger partial charge is 0.365 e. The van der Waals surface area contributed by atoms with E-state index in [2.05, 4.69) is 6.92 Å². The number of halogens is 1. The van der Waals surface area contributed by atoms with Crippen LogP contribution < -0.4 is 5.73 Å². The topological polar surface area (TPSA) is 55.6 Å². The van der Waals surface area contributed by atoms with Crippen molar-refractivity contribution in [1.29, 1.82) is 0 Å². The fraction of sp³-hybridized carbons (Fsp3) is 0.938. The van der Waals surface area contributed by atoms with Crippen LogP contribution in [0.2, 0.25) is 0 Å². The van der Waals surface area contributed by atoms with E-state index in [1.807, 2.05) is 11.8 Å². The van der Waals surface area contributed by atoms with Gasteiger partial charge in [-0.3, -0.25) is 4.79 Å². The monoisotopic (exact) mass is 318 g/mol. The predicted octanol–water partition coefficient (Wildman–Crippen LogP) is 2.73. The average molecular weight is 319 g/mol. The second-order valence-electron chi connectivity index (χ2n) is 6.46. The molecule has 0 aromatic rings. The molecule has 2 atom stereocenters. The molecule has 1 aliphatic carbocycles. The Bertz CT molecular complexity index is 311. The van der Waals surface area contributed by atoms with Gasteiger partial charge in [0.1, 0.15) is 6.10 Å². The zero-order valence-corrected chi connectivity index (χ0v) is 14.2. The van der Waals surface area contributed by atoms with Crippen LogP contribution in [0.5, 0.6) is 0 Å². The van der Waals surface area contributed by atoms with Gasteiger partial charge in [-0.25, -0.2) is 0 Å². The molecular weight excluding hydrogens is 288 g/mol. The molecule has 0 radical (unpaired) electrons. The van der Waals surface area contributed by atoms with E-state index in [-0.39, 0.29) is 30.5 Å². The Morgan fingerprint density at radius 3 is 2.29 bits per heavy atom. The van der Waals surface area contributed by atoms with Crippen LogP contribution in [0.3, 0.4) is 0 Å². The zero-order valence-electron chi connectivity index (χ0n) is 13.4. The summed E-state index contributed by atoms with van der Waals surface area (Å²) in [5.74, 6) is 0.761. The molecule has 2 fully saturated rings. The first-order chi connectivity index (χ1) is 9.61. The second-order valence-corrected chi connectivity index (χ2v) is 6.46. The number of ether oxygens (including phenoxy) is 1. The van der Waals surface area contributed by atoms with Crippen molar-refractivity contribution in [1.82, 2.24) is 4.90 Å². The van der Waals surface area contributed by atoms with E-state index in [4.69, 9.17) is 10.5 Å². The Kier molecular flexibility index (Phi) is 7.99. The lowest BCUT2D eigenvalue weighted by Crippen LogP contribution is -2.47. The molecule has 2 N–H and O–H groups in total. The number of carbonyl (C=O) groups is 1. The predicted molar refractivity (Wildman–Crippen MR) is 87.6 cm³/mol. The normalized spacial score (nSPS) is 23.7. The smallest absolute Gasteiger partial charge is 0.251 e. The van der Waals surface area contributed by atoms with Gasteiger partial charge in [0.25, 0.3) is 5.91 Å². The van der Waals surface area contributed by atoms with Crippen molar-refractivity contribution in [2.75, 3.05) is 13.1 Å². The van der Waals surface area contributed by atoms with Crippen molar-refractivity contribution in [2.45, 2.75) is 77.0 Å². The molecule has 124 valence electrons. The van der Waals surface area contributed by atoms with Crippen molar-refractivity contribution in [3.05, 3.63) is 0 Å². The highest BCUT2D eigenvalue weighted by atomic mass is 35.5. The molecule has 2 rings (SSSR count). The van der Waals surface area contributed by atoms with Gasteiger partial charge in [0.15, 0.2) is 0 Å². The maximum absolute atomic E-state index is 12.6. The minimum atomic E-state index is -0.232. The van der Waals surface area contributed by atoms with Gasteiger partial charge in [-0.15, -0.1) is 12.4 Å². The van der Waals surface area contributed by atoms with Gasteiger partial charge in [0, 0.05) is 19.1 Å². The summed E-state index contributed by atoms with van der Waals surface area (Å²) in [6.45, 7) is 5.80. The molecule has 2 unspecified atom stereocenters. The molecule has 0 bridgehead atoms. The van der Waals surface area contributed by atoms with Crippen LogP contribution >= 0.6 is 12.4 Å². The summed E-state index contributed by atoms with van der Waals surface area (Å²) in [5.41, 5.74) is 5.96. The summed E-state index contributed by atoms with van der Waals surface area (Å²) in [6.07, 6.45) is 7.65. The summed E-state index contributed by atoms with van der Waals surface area (Å²) in [4.78, 5) is 14.6. The number of piperidine rings is 1. The van der Waals surface area contributed by atoms with E-state index >= 15 is 0 Å². The highest BCUT2D eigenvalue weighted by molar-refractivity contribution is 5.85. The molecule has 2 aliphatic rings. The number of hydrogen-bond donors (Lipinski definition) is 1. The molecule has 0 spiro atoms. The lowest BCUT2D eigenvalue weighted by atomic mass is 9.90.